The van der Waals surface area contributed by atoms with Crippen molar-refractivity contribution in [3.63, 3.8) is 0 Å². The van der Waals surface area contributed by atoms with E-state index in [0.29, 0.717) is 34.5 Å². The highest BCUT2D eigenvalue weighted by atomic mass is 32.1. The molecular formula is C18H21N5O2S. The van der Waals surface area contributed by atoms with Crippen LogP contribution in [0.1, 0.15) is 25.3 Å². The fourth-order valence-corrected chi connectivity index (χ4v) is 2.79. The summed E-state index contributed by atoms with van der Waals surface area (Å²) in [7, 11) is 0. The van der Waals surface area contributed by atoms with Crippen LogP contribution in [0, 0.1) is 11.3 Å². The van der Waals surface area contributed by atoms with Gasteiger partial charge >= 0.3 is 0 Å². The van der Waals surface area contributed by atoms with E-state index in [4.69, 9.17) is 21.7 Å². The summed E-state index contributed by atoms with van der Waals surface area (Å²) in [6, 6.07) is 7.70. The van der Waals surface area contributed by atoms with Crippen molar-refractivity contribution in [3.8, 4) is 17.6 Å². The number of ether oxygens (including phenoxy) is 2. The largest absolute Gasteiger partial charge is 0.454 e. The number of benzene rings is 1. The van der Waals surface area contributed by atoms with Gasteiger partial charge in [0.25, 0.3) is 0 Å². The minimum Gasteiger partial charge on any atom is -0.454 e. The van der Waals surface area contributed by atoms with Crippen LogP contribution in [0.5, 0.6) is 11.5 Å². The third-order valence-electron chi connectivity index (χ3n) is 3.90. The number of nitrogens with zero attached hydrogens (tertiary/aromatic N) is 2. The van der Waals surface area contributed by atoms with Crippen molar-refractivity contribution in [3.05, 3.63) is 23.8 Å². The quantitative estimate of drug-likeness (QED) is 0.505. The van der Waals surface area contributed by atoms with Gasteiger partial charge < -0.3 is 25.4 Å². The number of anilines is 1. The van der Waals surface area contributed by atoms with Crippen LogP contribution in [0.15, 0.2) is 18.2 Å². The lowest BCUT2D eigenvalue weighted by molar-refractivity contribution is 0.174. The topological polar surface area (TPSA) is 91.2 Å². The zero-order valence-electron chi connectivity index (χ0n) is 14.6. The molecule has 26 heavy (non-hydrogen) atoms. The van der Waals surface area contributed by atoms with Crippen LogP contribution in [0.25, 0.3) is 10.9 Å². The van der Waals surface area contributed by atoms with Crippen LogP contribution in [0.4, 0.5) is 5.82 Å². The van der Waals surface area contributed by atoms with Gasteiger partial charge in [0.1, 0.15) is 11.9 Å². The average molecular weight is 371 g/mol. The van der Waals surface area contributed by atoms with Crippen molar-refractivity contribution in [2.24, 2.45) is 0 Å². The monoisotopic (exact) mass is 371 g/mol. The summed E-state index contributed by atoms with van der Waals surface area (Å²) >= 11 is 5.17. The standard InChI is InChI=1S/C18H21N5O2S/c1-2-4-21-18(26)22-6-3-5-20-17-13(10-19)7-12-8-15-16(25-11-24-15)9-14(12)23-17/h7-9H,2-6,11H2,1H3,(H,20,23)(H2,21,22,26). The Kier molecular flexibility index (Phi) is 5.92. The molecule has 0 atom stereocenters. The number of nitrogens with one attached hydrogen (secondary N) is 3. The van der Waals surface area contributed by atoms with Gasteiger partial charge in [-0.2, -0.15) is 5.26 Å². The van der Waals surface area contributed by atoms with Crippen LogP contribution in [0.2, 0.25) is 0 Å². The minimum atomic E-state index is 0.212. The first kappa shape index (κ1) is 18.0. The molecule has 0 saturated carbocycles. The van der Waals surface area contributed by atoms with Crippen LogP contribution in [-0.2, 0) is 0 Å². The Bertz CT molecular complexity index is 850. The van der Waals surface area contributed by atoms with Gasteiger partial charge in [-0.1, -0.05) is 6.92 Å². The maximum Gasteiger partial charge on any atom is 0.231 e. The van der Waals surface area contributed by atoms with E-state index >= 15 is 0 Å². The molecule has 0 fully saturated rings. The molecule has 0 amide bonds. The van der Waals surface area contributed by atoms with Gasteiger partial charge in [0, 0.05) is 31.1 Å². The lowest BCUT2D eigenvalue weighted by Crippen LogP contribution is -2.36. The molecule has 3 N–H and O–H groups in total. The molecule has 0 spiro atoms. The fraction of sp³-hybridized carbons (Fsp3) is 0.389. The maximum absolute atomic E-state index is 9.41. The molecule has 0 aliphatic carbocycles. The second kappa shape index (κ2) is 8.54. The van der Waals surface area contributed by atoms with E-state index in [2.05, 4.69) is 33.9 Å². The fourth-order valence-electron chi connectivity index (χ4n) is 2.58. The molecule has 1 aliphatic heterocycles. The van der Waals surface area contributed by atoms with E-state index in [9.17, 15) is 5.26 Å². The van der Waals surface area contributed by atoms with Gasteiger partial charge in [-0.05, 0) is 37.2 Å². The summed E-state index contributed by atoms with van der Waals surface area (Å²) in [5.41, 5.74) is 1.27. The van der Waals surface area contributed by atoms with Crippen LogP contribution in [-0.4, -0.2) is 36.5 Å². The van der Waals surface area contributed by atoms with Crippen molar-refractivity contribution in [1.29, 1.82) is 5.26 Å². The zero-order chi connectivity index (χ0) is 18.4. The van der Waals surface area contributed by atoms with Crippen molar-refractivity contribution < 1.29 is 9.47 Å². The van der Waals surface area contributed by atoms with Crippen molar-refractivity contribution in [1.82, 2.24) is 15.6 Å². The molecule has 1 aromatic carbocycles. The zero-order valence-corrected chi connectivity index (χ0v) is 15.4. The average Bonchev–Trinajstić information content (AvgIpc) is 3.10. The second-order valence-corrected chi connectivity index (χ2v) is 6.27. The molecule has 0 saturated heterocycles. The smallest absolute Gasteiger partial charge is 0.231 e. The van der Waals surface area contributed by atoms with Crippen molar-refractivity contribution in [2.75, 3.05) is 31.7 Å². The SMILES string of the molecule is CCCNC(=S)NCCCNc1nc2cc3c(cc2cc1C#N)OCO3. The molecular weight excluding hydrogens is 350 g/mol. The predicted octanol–water partition coefficient (Wildman–Crippen LogP) is 2.51. The van der Waals surface area contributed by atoms with Gasteiger partial charge in [0.2, 0.25) is 6.79 Å². The molecule has 136 valence electrons. The molecule has 0 bridgehead atoms. The van der Waals surface area contributed by atoms with Gasteiger partial charge in [0.15, 0.2) is 16.6 Å². The molecule has 0 unspecified atom stereocenters. The number of nitriles is 1. The third kappa shape index (κ3) is 4.24. The van der Waals surface area contributed by atoms with E-state index in [1.165, 1.54) is 0 Å². The third-order valence-corrected chi connectivity index (χ3v) is 4.19. The van der Waals surface area contributed by atoms with Gasteiger partial charge in [-0.25, -0.2) is 4.98 Å². The summed E-state index contributed by atoms with van der Waals surface area (Å²) in [5.74, 6) is 1.94. The number of aromatic nitrogens is 1. The highest BCUT2D eigenvalue weighted by Gasteiger charge is 2.16. The summed E-state index contributed by atoms with van der Waals surface area (Å²) in [4.78, 5) is 4.57. The number of hydrogen-bond donors (Lipinski definition) is 3. The van der Waals surface area contributed by atoms with E-state index in [0.717, 1.165) is 36.8 Å². The molecule has 0 radical (unpaired) electrons. The molecule has 3 rings (SSSR count). The van der Waals surface area contributed by atoms with Gasteiger partial charge in [-0.3, -0.25) is 0 Å². The normalized spacial score (nSPS) is 11.8. The first-order valence-corrected chi connectivity index (χ1v) is 9.02. The Morgan fingerprint density at radius 2 is 1.96 bits per heavy atom. The Morgan fingerprint density at radius 3 is 2.73 bits per heavy atom. The highest BCUT2D eigenvalue weighted by molar-refractivity contribution is 7.80. The first-order chi connectivity index (χ1) is 12.7. The number of hydrogen-bond acceptors (Lipinski definition) is 6. The van der Waals surface area contributed by atoms with Crippen molar-refractivity contribution >= 4 is 34.1 Å². The van der Waals surface area contributed by atoms with Crippen LogP contribution < -0.4 is 25.4 Å². The van der Waals surface area contributed by atoms with E-state index < -0.39 is 0 Å². The Labute approximate surface area is 157 Å². The van der Waals surface area contributed by atoms with Crippen molar-refractivity contribution in [2.45, 2.75) is 19.8 Å². The Morgan fingerprint density at radius 1 is 1.19 bits per heavy atom. The second-order valence-electron chi connectivity index (χ2n) is 5.86. The van der Waals surface area contributed by atoms with Crippen LogP contribution >= 0.6 is 12.2 Å². The number of thiocarbonyl (C=S) groups is 1. The molecule has 1 aliphatic rings. The van der Waals surface area contributed by atoms with Crippen LogP contribution in [0.3, 0.4) is 0 Å². The lowest BCUT2D eigenvalue weighted by Gasteiger charge is -2.11. The highest BCUT2D eigenvalue weighted by Crippen LogP contribution is 2.36. The van der Waals surface area contributed by atoms with Gasteiger partial charge in [0.05, 0.1) is 11.1 Å². The number of rotatable bonds is 7. The summed E-state index contributed by atoms with van der Waals surface area (Å²) in [6.07, 6.45) is 1.88. The van der Waals surface area contributed by atoms with Gasteiger partial charge in [-0.15, -0.1) is 0 Å². The predicted molar refractivity (Wildman–Crippen MR) is 105 cm³/mol. The Hall–Kier alpha value is -2.79. The summed E-state index contributed by atoms with van der Waals surface area (Å²) < 4.78 is 10.8. The van der Waals surface area contributed by atoms with E-state index in [-0.39, 0.29) is 6.79 Å². The summed E-state index contributed by atoms with van der Waals surface area (Å²) in [5, 5.41) is 20.4. The lowest BCUT2D eigenvalue weighted by atomic mass is 10.1. The van der Waals surface area contributed by atoms with E-state index in [1.54, 1.807) is 0 Å². The summed E-state index contributed by atoms with van der Waals surface area (Å²) in [6.45, 7) is 4.60. The molecule has 7 nitrogen and oxygen atoms in total. The molecule has 2 heterocycles. The molecule has 2 aromatic rings. The molecule has 8 heteroatoms. The van der Waals surface area contributed by atoms with E-state index in [1.807, 2.05) is 18.2 Å². The number of pyridine rings is 1. The maximum atomic E-state index is 9.41. The first-order valence-electron chi connectivity index (χ1n) is 8.61. The molecule has 1 aromatic heterocycles. The minimum absolute atomic E-state index is 0.212. The number of fused-ring (bicyclic) bond motifs is 2. The Balaban J connectivity index is 1.60.